The quantitative estimate of drug-likeness (QED) is 0.193. The first kappa shape index (κ1) is 29.1. The van der Waals surface area contributed by atoms with Gasteiger partial charge < -0.3 is 10.6 Å². The summed E-state index contributed by atoms with van der Waals surface area (Å²) in [4.78, 5) is 8.69. The molecule has 0 amide bonds. The summed E-state index contributed by atoms with van der Waals surface area (Å²) in [5.41, 5.74) is 1.90. The zero-order chi connectivity index (χ0) is 30.2. The minimum Gasteiger partial charge on any atom is -0.383 e. The fraction of sp³-hybridized carbons (Fsp3) is 0.323. The van der Waals surface area contributed by atoms with Gasteiger partial charge in [0, 0.05) is 41.6 Å². The molecule has 42 heavy (non-hydrogen) atoms. The number of pyridine rings is 2. The standard InChI is InChI=1S/C31H31ClF2N8/c1-30(2,3)17-38-26-19(13-35)15-37-27-23(26)11-20(12-24(27)32)39-28(22-8-6-7-18-14-36-10-9-21(18)22)25-16-42(41-40-25)31(4,5)29(33)34/h6-12,14-16,28-29,39H,17H2,1-5H3,(H,37,38)/t28-/m0/s1. The lowest BCUT2D eigenvalue weighted by Gasteiger charge is -2.24. The molecule has 0 fully saturated rings. The topological polar surface area (TPSA) is 104 Å². The highest BCUT2D eigenvalue weighted by Gasteiger charge is 2.34. The van der Waals surface area contributed by atoms with Crippen molar-refractivity contribution in [2.45, 2.75) is 52.6 Å². The summed E-state index contributed by atoms with van der Waals surface area (Å²) in [5.74, 6) is 0. The monoisotopic (exact) mass is 588 g/mol. The van der Waals surface area contributed by atoms with Gasteiger partial charge in [0.25, 0.3) is 6.43 Å². The lowest BCUT2D eigenvalue weighted by atomic mass is 9.96. The molecule has 0 radical (unpaired) electrons. The van der Waals surface area contributed by atoms with Crippen molar-refractivity contribution >= 4 is 44.7 Å². The molecule has 5 aromatic rings. The Morgan fingerprint density at radius 3 is 2.57 bits per heavy atom. The number of hydrogen-bond acceptors (Lipinski definition) is 7. The number of nitrogens with one attached hydrogen (secondary N) is 2. The molecule has 1 atom stereocenters. The molecule has 3 heterocycles. The van der Waals surface area contributed by atoms with E-state index in [-0.39, 0.29) is 5.41 Å². The third kappa shape index (κ3) is 5.70. The Bertz CT molecular complexity index is 1800. The average Bonchev–Trinajstić information content (AvgIpc) is 3.45. The molecule has 2 N–H and O–H groups in total. The van der Waals surface area contributed by atoms with Crippen LogP contribution >= 0.6 is 11.6 Å². The van der Waals surface area contributed by atoms with E-state index in [4.69, 9.17) is 11.6 Å². The molecule has 0 saturated heterocycles. The van der Waals surface area contributed by atoms with E-state index in [0.29, 0.717) is 45.1 Å². The van der Waals surface area contributed by atoms with Crippen LogP contribution in [-0.4, -0.2) is 37.9 Å². The van der Waals surface area contributed by atoms with Gasteiger partial charge in [-0.15, -0.1) is 5.10 Å². The van der Waals surface area contributed by atoms with Crippen molar-refractivity contribution < 1.29 is 8.78 Å². The number of rotatable bonds is 8. The maximum Gasteiger partial charge on any atom is 0.262 e. The lowest BCUT2D eigenvalue weighted by molar-refractivity contribution is 0.0191. The lowest BCUT2D eigenvalue weighted by Crippen LogP contribution is -2.34. The molecular weight excluding hydrogens is 558 g/mol. The average molecular weight is 589 g/mol. The molecule has 5 rings (SSSR count). The number of nitriles is 1. The first-order valence-corrected chi connectivity index (χ1v) is 13.8. The van der Waals surface area contributed by atoms with E-state index in [1.165, 1.54) is 30.9 Å². The minimum atomic E-state index is -2.65. The van der Waals surface area contributed by atoms with Gasteiger partial charge in [-0.05, 0) is 48.4 Å². The second kappa shape index (κ2) is 11.1. The zero-order valence-corrected chi connectivity index (χ0v) is 24.7. The highest BCUT2D eigenvalue weighted by atomic mass is 35.5. The number of aromatic nitrogens is 5. The van der Waals surface area contributed by atoms with Gasteiger partial charge in [0.05, 0.1) is 34.0 Å². The van der Waals surface area contributed by atoms with Gasteiger partial charge in [-0.1, -0.05) is 55.8 Å². The van der Waals surface area contributed by atoms with Crippen LogP contribution in [0.1, 0.15) is 57.5 Å². The Morgan fingerprint density at radius 1 is 1.07 bits per heavy atom. The second-order valence-corrected chi connectivity index (χ2v) is 12.4. The maximum atomic E-state index is 13.9. The van der Waals surface area contributed by atoms with Crippen molar-refractivity contribution in [3.05, 3.63) is 83.0 Å². The molecule has 0 spiro atoms. The van der Waals surface area contributed by atoms with E-state index in [1.54, 1.807) is 18.5 Å². The van der Waals surface area contributed by atoms with Crippen LogP contribution in [0.5, 0.6) is 0 Å². The Labute approximate surface area is 247 Å². The number of benzene rings is 2. The van der Waals surface area contributed by atoms with Crippen LogP contribution in [0.3, 0.4) is 0 Å². The van der Waals surface area contributed by atoms with E-state index in [0.717, 1.165) is 16.3 Å². The van der Waals surface area contributed by atoms with Crippen molar-refractivity contribution in [3.8, 4) is 6.07 Å². The highest BCUT2D eigenvalue weighted by Crippen LogP contribution is 2.37. The van der Waals surface area contributed by atoms with Gasteiger partial charge in [-0.2, -0.15) is 5.26 Å². The molecule has 8 nitrogen and oxygen atoms in total. The molecule has 3 aromatic heterocycles. The Morgan fingerprint density at radius 2 is 1.86 bits per heavy atom. The second-order valence-electron chi connectivity index (χ2n) is 12.0. The van der Waals surface area contributed by atoms with Crippen LogP contribution in [0.15, 0.2) is 61.2 Å². The molecule has 11 heteroatoms. The van der Waals surface area contributed by atoms with Gasteiger partial charge in [-0.3, -0.25) is 9.97 Å². The third-order valence-electron chi connectivity index (χ3n) is 7.11. The Hall–Kier alpha value is -4.36. The van der Waals surface area contributed by atoms with Gasteiger partial charge in [-0.25, -0.2) is 13.5 Å². The van der Waals surface area contributed by atoms with Gasteiger partial charge >= 0.3 is 0 Å². The zero-order valence-electron chi connectivity index (χ0n) is 24.0. The molecule has 0 aliphatic heterocycles. The number of anilines is 2. The fourth-order valence-electron chi connectivity index (χ4n) is 4.64. The van der Waals surface area contributed by atoms with Crippen molar-refractivity contribution in [3.63, 3.8) is 0 Å². The summed E-state index contributed by atoms with van der Waals surface area (Å²) in [6.45, 7) is 9.74. The van der Waals surface area contributed by atoms with E-state index in [1.807, 2.05) is 30.3 Å². The molecule has 0 aliphatic carbocycles. The van der Waals surface area contributed by atoms with Crippen molar-refractivity contribution in [1.82, 2.24) is 25.0 Å². The summed E-state index contributed by atoms with van der Waals surface area (Å²) >= 11 is 6.75. The molecular formula is C31H31ClF2N8. The van der Waals surface area contributed by atoms with E-state index < -0.39 is 18.0 Å². The van der Waals surface area contributed by atoms with Crippen LogP contribution in [-0.2, 0) is 5.54 Å². The summed E-state index contributed by atoms with van der Waals surface area (Å²) in [6.07, 6.45) is 3.87. The van der Waals surface area contributed by atoms with Crippen LogP contribution < -0.4 is 10.6 Å². The smallest absolute Gasteiger partial charge is 0.262 e. The summed E-state index contributed by atoms with van der Waals surface area (Å²) in [7, 11) is 0. The number of nitrogens with zero attached hydrogens (tertiary/aromatic N) is 6. The van der Waals surface area contributed by atoms with Crippen LogP contribution in [0.4, 0.5) is 20.2 Å². The van der Waals surface area contributed by atoms with Crippen LogP contribution in [0, 0.1) is 16.7 Å². The molecule has 216 valence electrons. The molecule has 0 saturated carbocycles. The Kier molecular flexibility index (Phi) is 7.73. The number of fused-ring (bicyclic) bond motifs is 2. The minimum absolute atomic E-state index is 0.0475. The van der Waals surface area contributed by atoms with Crippen LogP contribution in [0.2, 0.25) is 5.02 Å². The van der Waals surface area contributed by atoms with Crippen molar-refractivity contribution in [2.75, 3.05) is 17.2 Å². The SMILES string of the molecule is CC(C)(C)CNc1c(C#N)cnc2c(Cl)cc(N[C@H](c3cn(C(C)(C)C(F)F)nn3)c3cccc4cnccc34)cc12. The molecule has 0 aliphatic rings. The summed E-state index contributed by atoms with van der Waals surface area (Å²) < 4.78 is 28.9. The maximum absolute atomic E-state index is 13.9. The van der Waals surface area contributed by atoms with E-state index >= 15 is 0 Å². The number of halogens is 3. The summed E-state index contributed by atoms with van der Waals surface area (Å²) in [5, 5.41) is 28.1. The highest BCUT2D eigenvalue weighted by molar-refractivity contribution is 6.35. The third-order valence-corrected chi connectivity index (χ3v) is 7.40. The van der Waals surface area contributed by atoms with Crippen LogP contribution in [0.25, 0.3) is 21.7 Å². The number of hydrogen-bond donors (Lipinski definition) is 2. The molecule has 0 unspecified atom stereocenters. The predicted octanol–water partition coefficient (Wildman–Crippen LogP) is 7.56. The van der Waals surface area contributed by atoms with Crippen molar-refractivity contribution in [1.29, 1.82) is 5.26 Å². The Balaban J connectivity index is 1.66. The largest absolute Gasteiger partial charge is 0.383 e. The molecule has 2 aromatic carbocycles. The fourth-order valence-corrected chi connectivity index (χ4v) is 4.91. The van der Waals surface area contributed by atoms with Gasteiger partial charge in [0.1, 0.15) is 17.3 Å². The van der Waals surface area contributed by atoms with Crippen molar-refractivity contribution in [2.24, 2.45) is 5.41 Å². The normalized spacial score (nSPS) is 13.0. The first-order valence-electron chi connectivity index (χ1n) is 13.5. The molecule has 0 bridgehead atoms. The number of alkyl halides is 2. The van der Waals surface area contributed by atoms with Gasteiger partial charge in [0.15, 0.2) is 0 Å². The van der Waals surface area contributed by atoms with E-state index in [2.05, 4.69) is 57.8 Å². The predicted molar refractivity (Wildman–Crippen MR) is 162 cm³/mol. The first-order chi connectivity index (χ1) is 19.9. The van der Waals surface area contributed by atoms with E-state index in [9.17, 15) is 14.0 Å². The summed E-state index contributed by atoms with van der Waals surface area (Å²) in [6, 6.07) is 13.0. The van der Waals surface area contributed by atoms with Gasteiger partial charge in [0.2, 0.25) is 0 Å².